The van der Waals surface area contributed by atoms with Crippen LogP contribution in [-0.2, 0) is 0 Å². The number of hydrogen-bond donors (Lipinski definition) is 0. The zero-order chi connectivity index (χ0) is 9.61. The first-order valence-electron chi connectivity index (χ1n) is 4.48. The zero-order valence-corrected chi connectivity index (χ0v) is 10.3. The smallest absolute Gasteiger partial charge is 0.171 e. The van der Waals surface area contributed by atoms with E-state index in [9.17, 15) is 13.2 Å². The van der Waals surface area contributed by atoms with E-state index in [-0.39, 0.29) is 9.52 Å². The van der Waals surface area contributed by atoms with Gasteiger partial charge in [-0.25, -0.2) is 0 Å². The van der Waals surface area contributed by atoms with Crippen molar-refractivity contribution >= 4 is 18.3 Å². The predicted molar refractivity (Wildman–Crippen MR) is 52.3 cm³/mol. The lowest BCUT2D eigenvalue weighted by Gasteiger charge is -2.05. The zero-order valence-electron chi connectivity index (χ0n) is 7.75. The van der Waals surface area contributed by atoms with E-state index in [0.29, 0.717) is 6.42 Å². The topological polar surface area (TPSA) is 0 Å². The van der Waals surface area contributed by atoms with Crippen LogP contribution in [0.3, 0.4) is 0 Å². The van der Waals surface area contributed by atoms with Crippen molar-refractivity contribution in [3.05, 3.63) is 0 Å². The Hall–Kier alpha value is 0.224. The summed E-state index contributed by atoms with van der Waals surface area (Å²) in [6, 6.07) is 0.880. The molecular weight excluding hydrogens is 197 g/mol. The van der Waals surface area contributed by atoms with Crippen LogP contribution in [0.4, 0.5) is 13.2 Å². The van der Waals surface area contributed by atoms with Crippen molar-refractivity contribution in [1.29, 1.82) is 0 Å². The highest BCUT2D eigenvalue weighted by molar-refractivity contribution is 6.67. The van der Waals surface area contributed by atoms with Gasteiger partial charge in [0.25, 0.3) is 0 Å². The van der Waals surface area contributed by atoms with E-state index in [1.165, 1.54) is 5.67 Å². The highest BCUT2D eigenvalue weighted by atomic mass is 28.3. The molecule has 0 atom stereocenters. The van der Waals surface area contributed by atoms with Gasteiger partial charge >= 0.3 is 6.18 Å². The fraction of sp³-hybridized carbons (Fsp3) is 1.00. The average Bonchev–Trinajstić information content (AvgIpc) is 1.83. The maximum absolute atomic E-state index is 11.7. The van der Waals surface area contributed by atoms with Crippen molar-refractivity contribution in [2.24, 2.45) is 0 Å². The number of rotatable bonds is 5. The van der Waals surface area contributed by atoms with E-state index in [1.54, 1.807) is 0 Å². The Bertz CT molecular complexity index is 112. The number of halogens is 3. The van der Waals surface area contributed by atoms with Crippen molar-refractivity contribution in [3.63, 3.8) is 0 Å². The maximum Gasteiger partial charge on any atom is 0.389 e. The summed E-state index contributed by atoms with van der Waals surface area (Å²) >= 11 is 0. The standard InChI is InChI=1S/C7H17F3Si2/c1-12(2)6-11-5-3-4-7(8,9)10/h12H,3-6,11H2,1-2H3. The largest absolute Gasteiger partial charge is 0.389 e. The monoisotopic (exact) mass is 214 g/mol. The molecule has 5 heteroatoms. The molecule has 0 aromatic carbocycles. The van der Waals surface area contributed by atoms with Gasteiger partial charge in [-0.3, -0.25) is 0 Å². The third-order valence-electron chi connectivity index (χ3n) is 1.74. The van der Waals surface area contributed by atoms with Crippen molar-refractivity contribution in [2.75, 3.05) is 0 Å². The van der Waals surface area contributed by atoms with E-state index in [4.69, 9.17) is 0 Å². The quantitative estimate of drug-likeness (QED) is 0.487. The minimum atomic E-state index is -3.93. The first-order chi connectivity index (χ1) is 5.42. The molecule has 74 valence electrons. The van der Waals surface area contributed by atoms with Gasteiger partial charge in [0.15, 0.2) is 0 Å². The van der Waals surface area contributed by atoms with Gasteiger partial charge < -0.3 is 0 Å². The normalized spacial score (nSPS) is 13.5. The van der Waals surface area contributed by atoms with Gasteiger partial charge in [0.05, 0.1) is 0 Å². The van der Waals surface area contributed by atoms with Crippen LogP contribution in [0.15, 0.2) is 0 Å². The van der Waals surface area contributed by atoms with Crippen molar-refractivity contribution < 1.29 is 13.2 Å². The Morgan fingerprint density at radius 1 is 1.25 bits per heavy atom. The molecule has 0 N–H and O–H groups in total. The first kappa shape index (κ1) is 12.2. The van der Waals surface area contributed by atoms with E-state index < -0.39 is 21.4 Å². The molecule has 0 nitrogen and oxygen atoms in total. The third-order valence-corrected chi connectivity index (χ3v) is 8.99. The summed E-state index contributed by atoms with van der Waals surface area (Å²) in [4.78, 5) is 0. The lowest BCUT2D eigenvalue weighted by molar-refractivity contribution is -0.134. The van der Waals surface area contributed by atoms with E-state index >= 15 is 0 Å². The highest BCUT2D eigenvalue weighted by Crippen LogP contribution is 2.22. The van der Waals surface area contributed by atoms with Gasteiger partial charge in [0.2, 0.25) is 0 Å². The molecule has 0 saturated heterocycles. The molecule has 0 spiro atoms. The summed E-state index contributed by atoms with van der Waals surface area (Å²) < 4.78 is 35.0. The molecule has 0 aliphatic carbocycles. The van der Waals surface area contributed by atoms with Gasteiger partial charge in [-0.05, 0) is 6.42 Å². The summed E-state index contributed by atoms with van der Waals surface area (Å²) in [5.74, 6) is 0. The molecule has 0 aliphatic heterocycles. The minimum Gasteiger partial charge on any atom is -0.171 e. The van der Waals surface area contributed by atoms with Crippen LogP contribution < -0.4 is 0 Å². The van der Waals surface area contributed by atoms with Crippen LogP contribution in [0.1, 0.15) is 12.8 Å². The number of alkyl halides is 3. The van der Waals surface area contributed by atoms with Crippen LogP contribution in [0, 0.1) is 0 Å². The molecule has 0 heterocycles. The summed E-state index contributed by atoms with van der Waals surface area (Å²) in [5, 5.41) is 0. The van der Waals surface area contributed by atoms with Crippen molar-refractivity contribution in [2.45, 2.75) is 43.8 Å². The Labute approximate surface area is 76.0 Å². The second kappa shape index (κ2) is 5.80. The number of hydrogen-bond acceptors (Lipinski definition) is 0. The highest BCUT2D eigenvalue weighted by Gasteiger charge is 2.25. The van der Waals surface area contributed by atoms with Gasteiger partial charge in [-0.1, -0.05) is 24.8 Å². The van der Waals surface area contributed by atoms with E-state index in [2.05, 4.69) is 13.1 Å². The first-order valence-corrected chi connectivity index (χ1v) is 9.61. The second-order valence-corrected chi connectivity index (χ2v) is 10.1. The molecule has 0 bridgehead atoms. The SMILES string of the molecule is C[SiH](C)C[SiH2]CCCC(F)(F)F. The van der Waals surface area contributed by atoms with Crippen LogP contribution in [0.25, 0.3) is 0 Å². The van der Waals surface area contributed by atoms with E-state index in [1.807, 2.05) is 0 Å². The summed E-state index contributed by atoms with van der Waals surface area (Å²) in [5.41, 5.74) is 1.32. The molecule has 0 radical (unpaired) electrons. The Kier molecular flexibility index (Phi) is 5.91. The van der Waals surface area contributed by atoms with Gasteiger partial charge in [-0.15, -0.1) is 0 Å². The average molecular weight is 214 g/mol. The molecule has 0 fully saturated rings. The summed E-state index contributed by atoms with van der Waals surface area (Å²) in [6.07, 6.45) is -4.12. The van der Waals surface area contributed by atoms with Crippen molar-refractivity contribution in [1.82, 2.24) is 0 Å². The third kappa shape index (κ3) is 10.2. The lowest BCUT2D eigenvalue weighted by Crippen LogP contribution is -2.09. The lowest BCUT2D eigenvalue weighted by atomic mass is 10.3. The summed E-state index contributed by atoms with van der Waals surface area (Å²) in [7, 11) is -0.618. The van der Waals surface area contributed by atoms with Crippen LogP contribution in [0.5, 0.6) is 0 Å². The molecular formula is C7H17F3Si2. The van der Waals surface area contributed by atoms with Crippen LogP contribution in [0.2, 0.25) is 24.8 Å². The Balaban J connectivity index is 3.12. The van der Waals surface area contributed by atoms with Crippen LogP contribution >= 0.6 is 0 Å². The summed E-state index contributed by atoms with van der Waals surface area (Å²) in [6.45, 7) is 4.52. The maximum atomic E-state index is 11.7. The minimum absolute atomic E-state index is 0.143. The second-order valence-electron chi connectivity index (χ2n) is 3.61. The molecule has 0 amide bonds. The van der Waals surface area contributed by atoms with Gasteiger partial charge in [-0.2, -0.15) is 13.2 Å². The molecule has 0 aromatic rings. The fourth-order valence-corrected chi connectivity index (χ4v) is 6.08. The fourth-order valence-electron chi connectivity index (χ4n) is 1.05. The molecule has 0 unspecified atom stereocenters. The molecule has 0 rings (SSSR count). The van der Waals surface area contributed by atoms with Crippen molar-refractivity contribution in [3.8, 4) is 0 Å². The molecule has 0 aromatic heterocycles. The molecule has 0 saturated carbocycles. The molecule has 0 aliphatic rings. The van der Waals surface area contributed by atoms with Gasteiger partial charge in [0.1, 0.15) is 0 Å². The molecule has 12 heavy (non-hydrogen) atoms. The van der Waals surface area contributed by atoms with E-state index in [0.717, 1.165) is 6.04 Å². The van der Waals surface area contributed by atoms with Crippen LogP contribution in [-0.4, -0.2) is 24.5 Å². The Morgan fingerprint density at radius 2 is 1.83 bits per heavy atom. The predicted octanol–water partition coefficient (Wildman–Crippen LogP) is 2.36. The van der Waals surface area contributed by atoms with Gasteiger partial charge in [0, 0.05) is 24.7 Å². The Morgan fingerprint density at radius 3 is 2.25 bits per heavy atom.